The summed E-state index contributed by atoms with van der Waals surface area (Å²) >= 11 is 16.5. The van der Waals surface area contributed by atoms with Crippen molar-refractivity contribution in [2.75, 3.05) is 5.34 Å². The molecule has 0 heterocycles. The van der Waals surface area contributed by atoms with Gasteiger partial charge < -0.3 is 4.74 Å². The molecule has 2 aliphatic carbocycles. The highest BCUT2D eigenvalue weighted by Gasteiger charge is 2.27. The minimum atomic E-state index is -0.387. The third kappa shape index (κ3) is 9.92. The molecule has 1 atom stereocenters. The molecule has 0 saturated heterocycles. The summed E-state index contributed by atoms with van der Waals surface area (Å²) in [6.07, 6.45) is 3.57. The smallest absolute Gasteiger partial charge is 0.307 e. The molecule has 0 amide bonds. The van der Waals surface area contributed by atoms with Gasteiger partial charge in [0.15, 0.2) is 5.78 Å². The molecule has 192 valence electrons. The van der Waals surface area contributed by atoms with Crippen LogP contribution in [0.15, 0.2) is 69.3 Å². The zero-order valence-corrected chi connectivity index (χ0v) is 24.3. The van der Waals surface area contributed by atoms with E-state index < -0.39 is 0 Å². The molecular formula is C27H26Br2Cl2O5. The molecule has 2 aliphatic rings. The highest BCUT2D eigenvalue weighted by atomic mass is 79.9. The quantitative estimate of drug-likeness (QED) is 0.192. The maximum Gasteiger partial charge on any atom is 0.307 e. The van der Waals surface area contributed by atoms with Crippen LogP contribution in [0.25, 0.3) is 0 Å². The third-order valence-electron chi connectivity index (χ3n) is 5.52. The number of carbonyl (C=O) groups excluding carboxylic acids is 4. The Labute approximate surface area is 237 Å². The van der Waals surface area contributed by atoms with E-state index >= 15 is 0 Å². The Balaban J connectivity index is 0.000000232. The molecule has 1 fully saturated rings. The van der Waals surface area contributed by atoms with Crippen molar-refractivity contribution >= 4 is 78.4 Å². The molecule has 0 aliphatic heterocycles. The number of carbonyl (C=O) groups is 4. The number of ether oxygens (including phenoxy) is 1. The largest absolute Gasteiger partial charge is 0.431 e. The van der Waals surface area contributed by atoms with Crippen LogP contribution in [0.4, 0.5) is 0 Å². The van der Waals surface area contributed by atoms with E-state index in [0.717, 1.165) is 20.1 Å². The maximum absolute atomic E-state index is 11.7. The lowest BCUT2D eigenvalue weighted by Crippen LogP contribution is -2.21. The molecule has 9 heteroatoms. The van der Waals surface area contributed by atoms with E-state index in [9.17, 15) is 19.2 Å². The summed E-state index contributed by atoms with van der Waals surface area (Å²) in [5.74, 6) is 0.320. The minimum Gasteiger partial charge on any atom is -0.431 e. The average Bonchev–Trinajstić information content (AvgIpc) is 2.79. The SMILES string of the molecule is CC(=O)OC1=CC(=O)CC(c2ccccc2Br)C1.ClCCl.O=C1CC(=O)CC(c2ccccc2Br)C1. The number of Topliss-reactive ketones (excluding diaryl/α,β-unsaturated/α-hetero) is 2. The van der Waals surface area contributed by atoms with Gasteiger partial charge in [-0.25, -0.2) is 0 Å². The van der Waals surface area contributed by atoms with Crippen molar-refractivity contribution in [2.24, 2.45) is 0 Å². The molecule has 2 aromatic rings. The third-order valence-corrected chi connectivity index (χ3v) is 6.97. The molecule has 0 radical (unpaired) electrons. The normalized spacial score (nSPS) is 17.8. The zero-order chi connectivity index (χ0) is 26.7. The van der Waals surface area contributed by atoms with E-state index in [1.54, 1.807) is 0 Å². The number of hydrogen-bond acceptors (Lipinski definition) is 5. The van der Waals surface area contributed by atoms with Crippen molar-refractivity contribution < 1.29 is 23.9 Å². The van der Waals surface area contributed by atoms with Gasteiger partial charge in [0.05, 0.1) is 11.8 Å². The van der Waals surface area contributed by atoms with E-state index in [4.69, 9.17) is 27.9 Å². The monoisotopic (exact) mass is 658 g/mol. The fraction of sp³-hybridized carbons (Fsp3) is 0.333. The highest BCUT2D eigenvalue weighted by Crippen LogP contribution is 2.36. The van der Waals surface area contributed by atoms with Crippen molar-refractivity contribution in [2.45, 2.75) is 50.9 Å². The summed E-state index contributed by atoms with van der Waals surface area (Å²) in [6, 6.07) is 15.6. The minimum absolute atomic E-state index is 0.00162. The number of benzene rings is 2. The summed E-state index contributed by atoms with van der Waals surface area (Å²) in [7, 11) is 0. The van der Waals surface area contributed by atoms with Crippen LogP contribution >= 0.6 is 55.1 Å². The molecule has 1 saturated carbocycles. The lowest BCUT2D eigenvalue weighted by molar-refractivity contribution is -0.137. The summed E-state index contributed by atoms with van der Waals surface area (Å²) in [6.45, 7) is 1.34. The van der Waals surface area contributed by atoms with E-state index in [2.05, 4.69) is 31.9 Å². The van der Waals surface area contributed by atoms with Gasteiger partial charge in [0.2, 0.25) is 0 Å². The zero-order valence-electron chi connectivity index (χ0n) is 19.6. The summed E-state index contributed by atoms with van der Waals surface area (Å²) in [4.78, 5) is 45.3. The fourth-order valence-corrected chi connectivity index (χ4v) is 5.37. The Kier molecular flexibility index (Phi) is 13.1. The topological polar surface area (TPSA) is 77.5 Å². The Hall–Kier alpha value is -1.80. The van der Waals surface area contributed by atoms with E-state index in [-0.39, 0.29) is 46.9 Å². The summed E-state index contributed by atoms with van der Waals surface area (Å²) in [5.41, 5.74) is 2.14. The molecule has 4 rings (SSSR count). The Morgan fingerprint density at radius 3 is 1.72 bits per heavy atom. The lowest BCUT2D eigenvalue weighted by atomic mass is 9.83. The van der Waals surface area contributed by atoms with E-state index in [1.807, 2.05) is 48.5 Å². The van der Waals surface area contributed by atoms with Gasteiger partial charge in [0.1, 0.15) is 17.3 Å². The van der Waals surface area contributed by atoms with Crippen LogP contribution in [0.3, 0.4) is 0 Å². The molecule has 0 N–H and O–H groups in total. The summed E-state index contributed by atoms with van der Waals surface area (Å²) in [5, 5.41) is 0.194. The molecule has 1 unspecified atom stereocenters. The number of esters is 1. The van der Waals surface area contributed by atoms with Crippen LogP contribution in [0.1, 0.15) is 62.0 Å². The highest BCUT2D eigenvalue weighted by molar-refractivity contribution is 9.10. The van der Waals surface area contributed by atoms with Crippen molar-refractivity contribution in [1.29, 1.82) is 0 Å². The van der Waals surface area contributed by atoms with Crippen LogP contribution in [0.2, 0.25) is 0 Å². The van der Waals surface area contributed by atoms with Crippen molar-refractivity contribution in [3.63, 3.8) is 0 Å². The van der Waals surface area contributed by atoms with Gasteiger partial charge in [-0.15, -0.1) is 23.2 Å². The number of alkyl halides is 2. The van der Waals surface area contributed by atoms with Gasteiger partial charge in [-0.3, -0.25) is 19.2 Å². The first kappa shape index (κ1) is 30.4. The first-order chi connectivity index (χ1) is 17.1. The molecule has 0 spiro atoms. The summed E-state index contributed by atoms with van der Waals surface area (Å²) < 4.78 is 7.00. The van der Waals surface area contributed by atoms with Crippen molar-refractivity contribution in [1.82, 2.24) is 0 Å². The molecule has 0 bridgehead atoms. The van der Waals surface area contributed by atoms with Crippen LogP contribution in [-0.2, 0) is 23.9 Å². The lowest BCUT2D eigenvalue weighted by Gasteiger charge is -2.22. The Morgan fingerprint density at radius 1 is 0.833 bits per heavy atom. The van der Waals surface area contributed by atoms with Gasteiger partial charge in [-0.2, -0.15) is 0 Å². The number of hydrogen-bond donors (Lipinski definition) is 0. The van der Waals surface area contributed by atoms with Gasteiger partial charge in [0.25, 0.3) is 0 Å². The number of ketones is 3. The number of allylic oxidation sites excluding steroid dienone is 2. The molecular weight excluding hydrogens is 635 g/mol. The van der Waals surface area contributed by atoms with Crippen LogP contribution in [0.5, 0.6) is 0 Å². The van der Waals surface area contributed by atoms with Gasteiger partial charge in [-0.05, 0) is 35.1 Å². The van der Waals surface area contributed by atoms with Gasteiger partial charge in [0, 0.05) is 47.6 Å². The predicted molar refractivity (Wildman–Crippen MR) is 148 cm³/mol. The predicted octanol–water partition coefficient (Wildman–Crippen LogP) is 7.62. The van der Waals surface area contributed by atoms with Gasteiger partial charge >= 0.3 is 5.97 Å². The van der Waals surface area contributed by atoms with E-state index in [1.165, 1.54) is 13.0 Å². The van der Waals surface area contributed by atoms with Crippen LogP contribution in [0, 0.1) is 0 Å². The second-order valence-electron chi connectivity index (χ2n) is 8.28. The molecule has 0 aromatic heterocycles. The van der Waals surface area contributed by atoms with Crippen molar-refractivity contribution in [3.05, 3.63) is 80.4 Å². The first-order valence-corrected chi connectivity index (χ1v) is 13.9. The number of halogens is 4. The van der Waals surface area contributed by atoms with Gasteiger partial charge in [-0.1, -0.05) is 68.3 Å². The standard InChI is InChI=1S/C14H13BrO3.C12H11BrO2.CH2Cl2/c1-9(16)18-12-7-10(6-11(17)8-12)13-4-2-3-5-14(13)15;13-12-4-2-1-3-11(12)8-5-9(14)7-10(15)6-8;2-1-3/h2-5,8,10H,6-7H2,1H3;1-4,8H,5-7H2;1H2. The fourth-order valence-electron chi connectivity index (χ4n) is 4.15. The van der Waals surface area contributed by atoms with Crippen LogP contribution < -0.4 is 0 Å². The molecule has 5 nitrogen and oxygen atoms in total. The van der Waals surface area contributed by atoms with Crippen LogP contribution in [-0.4, -0.2) is 28.7 Å². The second kappa shape index (κ2) is 15.5. The maximum atomic E-state index is 11.7. The molecule has 2 aromatic carbocycles. The average molecular weight is 661 g/mol. The first-order valence-electron chi connectivity index (χ1n) is 11.2. The second-order valence-corrected chi connectivity index (χ2v) is 10.8. The van der Waals surface area contributed by atoms with Crippen molar-refractivity contribution in [3.8, 4) is 0 Å². The number of rotatable bonds is 3. The molecule has 36 heavy (non-hydrogen) atoms. The Bertz CT molecular complexity index is 1120. The Morgan fingerprint density at radius 2 is 1.28 bits per heavy atom. The van der Waals surface area contributed by atoms with E-state index in [0.29, 0.717) is 31.4 Å².